The molecule has 1 aromatic carbocycles. The van der Waals surface area contributed by atoms with Crippen molar-refractivity contribution in [2.75, 3.05) is 31.0 Å². The molecule has 0 aliphatic carbocycles. The van der Waals surface area contributed by atoms with Gasteiger partial charge in [-0.05, 0) is 29.7 Å². The van der Waals surface area contributed by atoms with Crippen molar-refractivity contribution < 1.29 is 14.3 Å². The van der Waals surface area contributed by atoms with Gasteiger partial charge >= 0.3 is 5.97 Å². The fourth-order valence-electron chi connectivity index (χ4n) is 2.86. The molecule has 1 atom stereocenters. The summed E-state index contributed by atoms with van der Waals surface area (Å²) in [5.74, 6) is 2.32. The molecule has 5 heteroatoms. The fraction of sp³-hybridized carbons (Fsp3) is 0.562. The van der Waals surface area contributed by atoms with E-state index in [1.165, 1.54) is 7.11 Å². The van der Waals surface area contributed by atoms with Gasteiger partial charge in [-0.3, -0.25) is 0 Å². The average Bonchev–Trinajstić information content (AvgIpc) is 2.45. The van der Waals surface area contributed by atoms with E-state index in [0.29, 0.717) is 5.75 Å². The van der Waals surface area contributed by atoms with Crippen LogP contribution < -0.4 is 10.1 Å². The molecule has 1 fully saturated rings. The lowest BCUT2D eigenvalue weighted by Crippen LogP contribution is -2.55. The van der Waals surface area contributed by atoms with Gasteiger partial charge in [0.25, 0.3) is 0 Å². The van der Waals surface area contributed by atoms with Gasteiger partial charge in [0.05, 0.1) is 14.2 Å². The first-order chi connectivity index (χ1) is 9.91. The number of carbonyl (C=O) groups excluding carboxylic acids is 1. The van der Waals surface area contributed by atoms with Crippen LogP contribution in [0.4, 0.5) is 5.69 Å². The largest absolute Gasteiger partial charge is 0.497 e. The standard InChI is InChI=1S/C16H23NO3S/c1-15(2)9-16(11-21-10-15,14(18)20-4)17-12-6-5-7-13(8-12)19-3/h5-8,17H,9-11H2,1-4H3. The second kappa shape index (κ2) is 6.18. The highest BCUT2D eigenvalue weighted by molar-refractivity contribution is 7.99. The van der Waals surface area contributed by atoms with Crippen LogP contribution in [0.2, 0.25) is 0 Å². The van der Waals surface area contributed by atoms with Crippen LogP contribution in [0.5, 0.6) is 5.75 Å². The second-order valence-corrected chi connectivity index (χ2v) is 7.25. The van der Waals surface area contributed by atoms with Crippen molar-refractivity contribution in [1.82, 2.24) is 0 Å². The van der Waals surface area contributed by atoms with Gasteiger partial charge in [0.1, 0.15) is 11.3 Å². The fourth-order valence-corrected chi connectivity index (χ4v) is 4.25. The number of anilines is 1. The van der Waals surface area contributed by atoms with E-state index in [1.807, 2.05) is 24.3 Å². The molecule has 0 amide bonds. The minimum atomic E-state index is -0.687. The molecule has 0 aromatic heterocycles. The molecule has 0 bridgehead atoms. The summed E-state index contributed by atoms with van der Waals surface area (Å²) in [6, 6.07) is 7.64. The average molecular weight is 309 g/mol. The molecular weight excluding hydrogens is 286 g/mol. The summed E-state index contributed by atoms with van der Waals surface area (Å²) in [4.78, 5) is 12.4. The van der Waals surface area contributed by atoms with Gasteiger partial charge in [0.15, 0.2) is 0 Å². The monoisotopic (exact) mass is 309 g/mol. The lowest BCUT2D eigenvalue weighted by Gasteiger charge is -2.43. The quantitative estimate of drug-likeness (QED) is 0.866. The van der Waals surface area contributed by atoms with Crippen LogP contribution in [0.1, 0.15) is 20.3 Å². The maximum Gasteiger partial charge on any atom is 0.332 e. The Kier molecular flexibility index (Phi) is 4.71. The Balaban J connectivity index is 2.30. The Labute approximate surface area is 130 Å². The third kappa shape index (κ3) is 3.64. The zero-order chi connectivity index (χ0) is 15.5. The van der Waals surface area contributed by atoms with E-state index in [0.717, 1.165) is 23.6 Å². The Bertz CT molecular complexity index is 518. The zero-order valence-corrected chi connectivity index (χ0v) is 13.9. The lowest BCUT2D eigenvalue weighted by atomic mass is 9.79. The van der Waals surface area contributed by atoms with Crippen molar-refractivity contribution in [2.24, 2.45) is 5.41 Å². The number of ether oxygens (including phenoxy) is 2. The Morgan fingerprint density at radius 1 is 1.29 bits per heavy atom. The molecule has 1 N–H and O–H groups in total. The lowest BCUT2D eigenvalue weighted by molar-refractivity contribution is -0.146. The summed E-state index contributed by atoms with van der Waals surface area (Å²) in [5, 5.41) is 3.40. The predicted molar refractivity (Wildman–Crippen MR) is 87.1 cm³/mol. The Hall–Kier alpha value is -1.36. The van der Waals surface area contributed by atoms with Crippen molar-refractivity contribution in [2.45, 2.75) is 25.8 Å². The van der Waals surface area contributed by atoms with Gasteiger partial charge in [0, 0.05) is 17.5 Å². The van der Waals surface area contributed by atoms with E-state index in [-0.39, 0.29) is 11.4 Å². The van der Waals surface area contributed by atoms with Gasteiger partial charge < -0.3 is 14.8 Å². The molecule has 1 unspecified atom stereocenters. The predicted octanol–water partition coefficient (Wildman–Crippen LogP) is 3.18. The third-order valence-corrected chi connectivity index (χ3v) is 5.33. The molecule has 21 heavy (non-hydrogen) atoms. The molecule has 1 aromatic rings. The van der Waals surface area contributed by atoms with Gasteiger partial charge in [-0.1, -0.05) is 19.9 Å². The van der Waals surface area contributed by atoms with Crippen LogP contribution in [0.3, 0.4) is 0 Å². The first-order valence-electron chi connectivity index (χ1n) is 6.99. The number of methoxy groups -OCH3 is 2. The van der Waals surface area contributed by atoms with Crippen molar-refractivity contribution in [3.63, 3.8) is 0 Å². The van der Waals surface area contributed by atoms with Crippen LogP contribution in [0, 0.1) is 5.41 Å². The summed E-state index contributed by atoms with van der Waals surface area (Å²) < 4.78 is 10.3. The van der Waals surface area contributed by atoms with E-state index < -0.39 is 5.54 Å². The van der Waals surface area contributed by atoms with Crippen LogP contribution in [0.15, 0.2) is 24.3 Å². The number of nitrogens with one attached hydrogen (secondary N) is 1. The van der Waals surface area contributed by atoms with Gasteiger partial charge in [-0.25, -0.2) is 4.79 Å². The summed E-state index contributed by atoms with van der Waals surface area (Å²) in [6.45, 7) is 4.37. The number of rotatable bonds is 4. The number of thioether (sulfide) groups is 1. The van der Waals surface area contributed by atoms with Crippen molar-refractivity contribution in [3.05, 3.63) is 24.3 Å². The molecule has 2 rings (SSSR count). The molecule has 1 saturated heterocycles. The maximum absolute atomic E-state index is 12.4. The van der Waals surface area contributed by atoms with Crippen LogP contribution in [-0.4, -0.2) is 37.2 Å². The highest BCUT2D eigenvalue weighted by atomic mass is 32.2. The van der Waals surface area contributed by atoms with E-state index in [9.17, 15) is 4.79 Å². The molecule has 1 heterocycles. The van der Waals surface area contributed by atoms with E-state index in [1.54, 1.807) is 18.9 Å². The van der Waals surface area contributed by atoms with Gasteiger partial charge in [-0.2, -0.15) is 11.8 Å². The van der Waals surface area contributed by atoms with E-state index >= 15 is 0 Å². The Morgan fingerprint density at radius 3 is 2.67 bits per heavy atom. The zero-order valence-electron chi connectivity index (χ0n) is 13.1. The number of esters is 1. The Morgan fingerprint density at radius 2 is 2.05 bits per heavy atom. The minimum Gasteiger partial charge on any atom is -0.497 e. The van der Waals surface area contributed by atoms with Crippen molar-refractivity contribution >= 4 is 23.4 Å². The summed E-state index contributed by atoms with van der Waals surface area (Å²) >= 11 is 1.79. The second-order valence-electron chi connectivity index (χ2n) is 6.26. The molecule has 0 spiro atoms. The van der Waals surface area contributed by atoms with Crippen molar-refractivity contribution in [3.8, 4) is 5.75 Å². The number of benzene rings is 1. The molecular formula is C16H23NO3S. The van der Waals surface area contributed by atoms with Crippen LogP contribution >= 0.6 is 11.8 Å². The topological polar surface area (TPSA) is 47.6 Å². The van der Waals surface area contributed by atoms with Gasteiger partial charge in [-0.15, -0.1) is 0 Å². The first-order valence-corrected chi connectivity index (χ1v) is 8.15. The van der Waals surface area contributed by atoms with Crippen LogP contribution in [-0.2, 0) is 9.53 Å². The number of hydrogen-bond donors (Lipinski definition) is 1. The molecule has 0 radical (unpaired) electrons. The molecule has 4 nitrogen and oxygen atoms in total. The van der Waals surface area contributed by atoms with Crippen LogP contribution in [0.25, 0.3) is 0 Å². The number of carbonyl (C=O) groups is 1. The summed E-state index contributed by atoms with van der Waals surface area (Å²) in [7, 11) is 3.08. The molecule has 0 saturated carbocycles. The highest BCUT2D eigenvalue weighted by Crippen LogP contribution is 2.41. The maximum atomic E-state index is 12.4. The highest BCUT2D eigenvalue weighted by Gasteiger charge is 2.47. The SMILES string of the molecule is COC(=O)C1(Nc2cccc(OC)c2)CSCC(C)(C)C1. The molecule has 1 aliphatic heterocycles. The first kappa shape index (κ1) is 16.0. The molecule has 116 valence electrons. The third-order valence-electron chi connectivity index (χ3n) is 3.65. The normalized spacial score (nSPS) is 24.2. The smallest absolute Gasteiger partial charge is 0.332 e. The minimum absolute atomic E-state index is 0.0863. The van der Waals surface area contributed by atoms with Crippen molar-refractivity contribution in [1.29, 1.82) is 0 Å². The van der Waals surface area contributed by atoms with Gasteiger partial charge in [0.2, 0.25) is 0 Å². The summed E-state index contributed by atoms with van der Waals surface area (Å²) in [6.07, 6.45) is 0.747. The molecule has 1 aliphatic rings. The van der Waals surface area contributed by atoms with E-state index in [2.05, 4.69) is 19.2 Å². The summed E-state index contributed by atoms with van der Waals surface area (Å²) in [5.41, 5.74) is 0.273. The number of hydrogen-bond acceptors (Lipinski definition) is 5. The van der Waals surface area contributed by atoms with E-state index in [4.69, 9.17) is 9.47 Å².